The highest BCUT2D eigenvalue weighted by Gasteiger charge is 2.31. The molecule has 10 nitrogen and oxygen atoms in total. The second-order valence-electron chi connectivity index (χ2n) is 12.4. The van der Waals surface area contributed by atoms with Gasteiger partial charge in [0.2, 0.25) is 0 Å². The van der Waals surface area contributed by atoms with Crippen LogP contribution in [0.4, 0.5) is 0 Å². The van der Waals surface area contributed by atoms with Crippen LogP contribution in [0, 0.1) is 0 Å². The van der Waals surface area contributed by atoms with E-state index in [1.165, 1.54) is 0 Å². The third-order valence-electron chi connectivity index (χ3n) is 8.58. The van der Waals surface area contributed by atoms with Crippen molar-refractivity contribution in [2.24, 2.45) is 0 Å². The van der Waals surface area contributed by atoms with Crippen molar-refractivity contribution in [3.05, 3.63) is 125 Å². The molecule has 10 heteroatoms. The van der Waals surface area contributed by atoms with Gasteiger partial charge in [-0.3, -0.25) is 0 Å². The molecule has 0 bridgehead atoms. The topological polar surface area (TPSA) is 143 Å². The summed E-state index contributed by atoms with van der Waals surface area (Å²) in [5.41, 5.74) is 4.33. The number of epoxide rings is 2. The van der Waals surface area contributed by atoms with Gasteiger partial charge in [0, 0.05) is 11.8 Å². The smallest absolute Gasteiger partial charge is 0.145 e. The number of aliphatic hydroxyl groups excluding tert-OH is 4. The van der Waals surface area contributed by atoms with Crippen LogP contribution in [0.2, 0.25) is 0 Å². The molecule has 0 aromatic heterocycles. The van der Waals surface area contributed by atoms with Crippen LogP contribution in [-0.4, -0.2) is 97.7 Å². The van der Waals surface area contributed by atoms with Crippen LogP contribution >= 0.6 is 0 Å². The number of allylic oxidation sites excluding steroid dienone is 2. The predicted molar refractivity (Wildman–Crippen MR) is 182 cm³/mol. The summed E-state index contributed by atoms with van der Waals surface area (Å²) in [5, 5.41) is 38.0. The Hall–Kier alpha value is -4.16. The maximum atomic E-state index is 9.80. The van der Waals surface area contributed by atoms with E-state index >= 15 is 0 Å². The Morgan fingerprint density at radius 2 is 1.29 bits per heavy atom. The van der Waals surface area contributed by atoms with Gasteiger partial charge >= 0.3 is 0 Å². The van der Waals surface area contributed by atoms with E-state index in [2.05, 4.69) is 36.4 Å². The normalized spacial score (nSPS) is 21.2. The number of hydrogen-bond acceptors (Lipinski definition) is 10. The van der Waals surface area contributed by atoms with Gasteiger partial charge in [0.15, 0.2) is 0 Å². The van der Waals surface area contributed by atoms with Crippen molar-refractivity contribution in [1.29, 1.82) is 0 Å². The molecule has 2 heterocycles. The van der Waals surface area contributed by atoms with Crippen molar-refractivity contribution in [2.45, 2.75) is 42.7 Å². The summed E-state index contributed by atoms with van der Waals surface area (Å²) >= 11 is 0. The van der Waals surface area contributed by atoms with E-state index in [1.807, 2.05) is 60.7 Å². The van der Waals surface area contributed by atoms with E-state index in [1.54, 1.807) is 0 Å². The molecule has 4 N–H and O–H groups in total. The Kier molecular flexibility index (Phi) is 12.0. The van der Waals surface area contributed by atoms with Gasteiger partial charge in [0.1, 0.15) is 67.7 Å². The summed E-state index contributed by atoms with van der Waals surface area (Å²) < 4.78 is 33.9. The fourth-order valence-corrected chi connectivity index (χ4v) is 5.72. The molecule has 6 unspecified atom stereocenters. The molecule has 0 spiro atoms. The number of ether oxygens (including phenoxy) is 6. The standard InChI is InChI=1S/C39H44O10/c40-19-30(42)21-45-33-11-3-27(4-12-33)38(26-1-9-32(10-2-26)44-18-17-36-23-48-36)39(28-5-13-34(14-6-28)46-22-31(43)20-41)29-7-15-35(16-8-29)47-24-37-25-49-37/h1-11,13-17,30-31,33,37-43H,12,18-25H2. The first-order valence-corrected chi connectivity index (χ1v) is 16.7. The zero-order chi connectivity index (χ0) is 34.0. The van der Waals surface area contributed by atoms with E-state index in [0.717, 1.165) is 46.1 Å². The second kappa shape index (κ2) is 17.0. The molecule has 3 aromatic carbocycles. The van der Waals surface area contributed by atoms with E-state index in [9.17, 15) is 20.4 Å². The summed E-state index contributed by atoms with van der Waals surface area (Å²) in [5.74, 6) is 2.82. The molecule has 2 saturated heterocycles. The van der Waals surface area contributed by atoms with E-state index in [4.69, 9.17) is 28.4 Å². The second-order valence-corrected chi connectivity index (χ2v) is 12.4. The summed E-state index contributed by atoms with van der Waals surface area (Å²) in [6.07, 6.45) is 6.88. The van der Waals surface area contributed by atoms with Gasteiger partial charge < -0.3 is 48.8 Å². The minimum Gasteiger partial charge on any atom is -0.491 e. The first-order valence-electron chi connectivity index (χ1n) is 16.7. The third kappa shape index (κ3) is 10.2. The molecule has 6 atom stereocenters. The van der Waals surface area contributed by atoms with Crippen LogP contribution in [0.3, 0.4) is 0 Å². The molecule has 6 rings (SSSR count). The molecular formula is C39H44O10. The van der Waals surface area contributed by atoms with Crippen LogP contribution in [0.25, 0.3) is 0 Å². The van der Waals surface area contributed by atoms with Gasteiger partial charge in [-0.05, 0) is 71.2 Å². The largest absolute Gasteiger partial charge is 0.491 e. The van der Waals surface area contributed by atoms with Crippen LogP contribution < -0.4 is 14.2 Å². The minimum absolute atomic E-state index is 0.00986. The lowest BCUT2D eigenvalue weighted by Crippen LogP contribution is -2.24. The average Bonchev–Trinajstić information content (AvgIpc) is 4.09. The van der Waals surface area contributed by atoms with Crippen LogP contribution in [0.15, 0.2) is 108 Å². The Morgan fingerprint density at radius 1 is 0.735 bits per heavy atom. The van der Waals surface area contributed by atoms with Crippen LogP contribution in [-0.2, 0) is 14.2 Å². The van der Waals surface area contributed by atoms with Crippen LogP contribution in [0.5, 0.6) is 17.2 Å². The van der Waals surface area contributed by atoms with Gasteiger partial charge in [-0.1, -0.05) is 54.6 Å². The van der Waals surface area contributed by atoms with Crippen LogP contribution in [0.1, 0.15) is 34.9 Å². The number of benzene rings is 3. The first kappa shape index (κ1) is 34.7. The summed E-state index contributed by atoms with van der Waals surface area (Å²) in [4.78, 5) is 0. The maximum Gasteiger partial charge on any atom is 0.145 e. The van der Waals surface area contributed by atoms with Crippen molar-refractivity contribution < 1.29 is 48.8 Å². The van der Waals surface area contributed by atoms with Gasteiger partial charge in [0.25, 0.3) is 0 Å². The highest BCUT2D eigenvalue weighted by molar-refractivity contribution is 5.49. The van der Waals surface area contributed by atoms with Gasteiger partial charge in [-0.2, -0.15) is 0 Å². The Bertz CT molecular complexity index is 1550. The van der Waals surface area contributed by atoms with Gasteiger partial charge in [-0.15, -0.1) is 0 Å². The van der Waals surface area contributed by atoms with Crippen molar-refractivity contribution in [3.63, 3.8) is 0 Å². The predicted octanol–water partition coefficient (Wildman–Crippen LogP) is 4.03. The molecule has 0 saturated carbocycles. The molecule has 1 aliphatic carbocycles. The lowest BCUT2D eigenvalue weighted by molar-refractivity contribution is -0.0132. The summed E-state index contributed by atoms with van der Waals surface area (Å²) in [6.45, 7) is 1.67. The Morgan fingerprint density at radius 3 is 1.82 bits per heavy atom. The highest BCUT2D eigenvalue weighted by Crippen LogP contribution is 2.45. The van der Waals surface area contributed by atoms with Gasteiger partial charge in [-0.25, -0.2) is 0 Å². The molecule has 2 fully saturated rings. The zero-order valence-corrected chi connectivity index (χ0v) is 27.3. The van der Waals surface area contributed by atoms with Crippen molar-refractivity contribution in [1.82, 2.24) is 0 Å². The molecule has 0 radical (unpaired) electrons. The van der Waals surface area contributed by atoms with Crippen molar-refractivity contribution in [2.75, 3.05) is 52.9 Å². The first-order chi connectivity index (χ1) is 24.0. The number of hydrogen-bond donors (Lipinski definition) is 4. The molecule has 3 aliphatic rings. The maximum absolute atomic E-state index is 9.80. The Labute approximate surface area is 286 Å². The minimum atomic E-state index is -0.959. The summed E-state index contributed by atoms with van der Waals surface area (Å²) in [6, 6.07) is 24.2. The number of aliphatic hydroxyl groups is 4. The summed E-state index contributed by atoms with van der Waals surface area (Å²) in [7, 11) is 0. The third-order valence-corrected chi connectivity index (χ3v) is 8.58. The van der Waals surface area contributed by atoms with Crippen molar-refractivity contribution >= 4 is 0 Å². The Balaban J connectivity index is 1.32. The molecule has 260 valence electrons. The van der Waals surface area contributed by atoms with E-state index < -0.39 is 12.2 Å². The quantitative estimate of drug-likeness (QED) is 0.138. The zero-order valence-electron chi connectivity index (χ0n) is 27.3. The van der Waals surface area contributed by atoms with E-state index in [-0.39, 0.29) is 50.5 Å². The van der Waals surface area contributed by atoms with Gasteiger partial charge in [0.05, 0.1) is 32.5 Å². The average molecular weight is 673 g/mol. The monoisotopic (exact) mass is 672 g/mol. The molecule has 2 aliphatic heterocycles. The van der Waals surface area contributed by atoms with Crippen molar-refractivity contribution in [3.8, 4) is 17.2 Å². The molecule has 3 aromatic rings. The van der Waals surface area contributed by atoms with E-state index in [0.29, 0.717) is 32.0 Å². The molecule has 49 heavy (non-hydrogen) atoms. The SMILES string of the molecule is OCC(O)COc1ccc(C(c2ccc(OCC3CO3)cc2)C(C2=CCC(OCC(O)CO)C=C2)c2ccc(OCC=C3CO3)cc2)cc1. The lowest BCUT2D eigenvalue weighted by atomic mass is 9.72. The highest BCUT2D eigenvalue weighted by atomic mass is 16.6. The fourth-order valence-electron chi connectivity index (χ4n) is 5.72. The molecular weight excluding hydrogens is 628 g/mol. The fraction of sp³-hybridized carbons (Fsp3) is 0.385. The molecule has 0 amide bonds. The number of rotatable bonds is 19. The lowest BCUT2D eigenvalue weighted by Gasteiger charge is -2.32.